The second-order valence-electron chi connectivity index (χ2n) is 5.94. The third-order valence-corrected chi connectivity index (χ3v) is 5.08. The summed E-state index contributed by atoms with van der Waals surface area (Å²) in [6.07, 6.45) is 10.0. The maximum Gasteiger partial charge on any atom is 4.00 e. The van der Waals surface area contributed by atoms with Gasteiger partial charge in [-0.2, -0.15) is 6.08 Å². The fourth-order valence-corrected chi connectivity index (χ4v) is 3.37. The van der Waals surface area contributed by atoms with E-state index in [4.69, 9.17) is 0 Å². The number of halogens is 2. The maximum absolute atomic E-state index is 2.99. The van der Waals surface area contributed by atoms with Crippen molar-refractivity contribution in [3.05, 3.63) is 109 Å². The van der Waals surface area contributed by atoms with E-state index >= 15 is 0 Å². The van der Waals surface area contributed by atoms with Crippen molar-refractivity contribution in [3.63, 3.8) is 0 Å². The topological polar surface area (TPSA) is 0 Å². The number of rotatable bonds is 1. The van der Waals surface area contributed by atoms with Crippen LogP contribution in [0.5, 0.6) is 0 Å². The Labute approximate surface area is 207 Å². The van der Waals surface area contributed by atoms with E-state index in [1.54, 1.807) is 0 Å². The predicted octanol–water partition coefficient (Wildman–Crippen LogP) is 0.0873. The van der Waals surface area contributed by atoms with Crippen LogP contribution in [-0.4, -0.2) is 9.52 Å². The molecule has 2 radical (unpaired) electrons. The van der Waals surface area contributed by atoms with Crippen molar-refractivity contribution in [2.45, 2.75) is 13.0 Å². The van der Waals surface area contributed by atoms with Crippen molar-refractivity contribution in [3.8, 4) is 0 Å². The fourth-order valence-electron chi connectivity index (χ4n) is 2.85. The average molecular weight is 600 g/mol. The van der Waals surface area contributed by atoms with Crippen LogP contribution in [0.2, 0.25) is 6.55 Å². The first-order chi connectivity index (χ1) is 12.9. The molecule has 5 rings (SSSR count). The first kappa shape index (κ1) is 27.7. The van der Waals surface area contributed by atoms with Crippen LogP contribution >= 0.6 is 0 Å². The molecule has 0 N–H and O–H groups in total. The Morgan fingerprint density at radius 3 is 1.66 bits per heavy atom. The van der Waals surface area contributed by atoms with Gasteiger partial charge in [-0.3, -0.25) is 6.08 Å². The first-order valence-corrected chi connectivity index (χ1v) is 10.4. The zero-order valence-electron chi connectivity index (χ0n) is 16.3. The predicted molar refractivity (Wildman–Crippen MR) is 116 cm³/mol. The second kappa shape index (κ2) is 15.5. The third kappa shape index (κ3) is 8.52. The fraction of sp³-hybridized carbons (Fsp3) is 0.0800. The molecule has 1 aliphatic carbocycles. The van der Waals surface area contributed by atoms with Crippen LogP contribution in [0.25, 0.3) is 21.5 Å². The Morgan fingerprint density at radius 1 is 0.759 bits per heavy atom. The zero-order valence-corrected chi connectivity index (χ0v) is 22.4. The summed E-state index contributed by atoms with van der Waals surface area (Å²) in [6.45, 7) is 2.19. The molecule has 0 unspecified atom stereocenters. The molecule has 0 fully saturated rings. The van der Waals surface area contributed by atoms with E-state index in [0.717, 1.165) is 15.9 Å². The van der Waals surface area contributed by atoms with Gasteiger partial charge in [0.1, 0.15) is 0 Å². The smallest absolute Gasteiger partial charge is 1.00 e. The molecular formula is C25H22Cl2HfSi. The molecule has 0 spiro atoms. The molecule has 0 aromatic heterocycles. The molecule has 0 aliphatic heterocycles. The Hall–Kier alpha value is -1.32. The van der Waals surface area contributed by atoms with Gasteiger partial charge in [0, 0.05) is 0 Å². The first-order valence-electron chi connectivity index (χ1n) is 8.86. The minimum absolute atomic E-state index is 0. The quantitative estimate of drug-likeness (QED) is 0.215. The molecule has 29 heavy (non-hydrogen) atoms. The van der Waals surface area contributed by atoms with Gasteiger partial charge in [-0.05, 0) is 0 Å². The van der Waals surface area contributed by atoms with Crippen molar-refractivity contribution in [1.29, 1.82) is 0 Å². The van der Waals surface area contributed by atoms with Gasteiger partial charge >= 0.3 is 25.8 Å². The Bertz CT molecular complexity index is 947. The summed E-state index contributed by atoms with van der Waals surface area (Å²) in [5, 5.41) is 6.83. The molecule has 0 heterocycles. The molecule has 0 nitrogen and oxygen atoms in total. The summed E-state index contributed by atoms with van der Waals surface area (Å²) in [5.74, 6) is 0. The van der Waals surface area contributed by atoms with Crippen molar-refractivity contribution in [1.82, 2.24) is 0 Å². The standard InChI is InChI=1S/C13H9.C7H8Si.C5H5.2ClH.Hf/c1-3-7-12-10(5-1)9-11-6-2-4-8-13(11)12;1-8-7-5-3-2-4-6-7;1-2-4-5-3-1;;;/h1-9H;2-6H,1H3;1-3H,4H2;2*1H;/q-1;;-1;;;+4/p-2. The van der Waals surface area contributed by atoms with E-state index < -0.39 is 0 Å². The number of hydrogen-bond donors (Lipinski definition) is 0. The van der Waals surface area contributed by atoms with Gasteiger partial charge in [-0.15, -0.1) is 46.2 Å². The molecule has 4 aromatic carbocycles. The summed E-state index contributed by atoms with van der Waals surface area (Å²) in [4.78, 5) is 0. The Kier molecular flexibility index (Phi) is 14.8. The number of benzene rings is 3. The van der Waals surface area contributed by atoms with E-state index in [0.29, 0.717) is 0 Å². The SMILES string of the molecule is C[Si]c1ccccc1.[C-]1=CC=CC1.[Cl-].[Cl-].[Hf+4].c1ccc2c(c1)[cH-]c1ccccc12. The van der Waals surface area contributed by atoms with Gasteiger partial charge in [-0.1, -0.05) is 78.5 Å². The van der Waals surface area contributed by atoms with Gasteiger partial charge < -0.3 is 24.8 Å². The molecule has 4 aromatic rings. The van der Waals surface area contributed by atoms with Crippen molar-refractivity contribution in [2.75, 3.05) is 0 Å². The maximum atomic E-state index is 2.99. The minimum Gasteiger partial charge on any atom is -1.00 e. The second-order valence-corrected chi connectivity index (χ2v) is 7.02. The van der Waals surface area contributed by atoms with E-state index in [-0.39, 0.29) is 50.7 Å². The Morgan fingerprint density at radius 2 is 1.28 bits per heavy atom. The summed E-state index contributed by atoms with van der Waals surface area (Å²) < 4.78 is 0. The minimum atomic E-state index is 0. The average Bonchev–Trinajstić information content (AvgIpc) is 3.40. The van der Waals surface area contributed by atoms with Gasteiger partial charge in [0.2, 0.25) is 0 Å². The largest absolute Gasteiger partial charge is 4.00 e. The van der Waals surface area contributed by atoms with Crippen LogP contribution < -0.4 is 30.0 Å². The van der Waals surface area contributed by atoms with Crippen molar-refractivity contribution < 1.29 is 50.7 Å². The zero-order chi connectivity index (χ0) is 18.0. The normalized spacial score (nSPS) is 10.5. The molecule has 0 atom stereocenters. The van der Waals surface area contributed by atoms with Crippen LogP contribution in [0.1, 0.15) is 6.42 Å². The van der Waals surface area contributed by atoms with Crippen LogP contribution in [0.4, 0.5) is 0 Å². The molecular weight excluding hydrogens is 578 g/mol. The van der Waals surface area contributed by atoms with Crippen LogP contribution in [0.3, 0.4) is 0 Å². The van der Waals surface area contributed by atoms with E-state index in [9.17, 15) is 0 Å². The van der Waals surface area contributed by atoms with E-state index in [1.165, 1.54) is 26.7 Å². The van der Waals surface area contributed by atoms with Gasteiger partial charge in [0.15, 0.2) is 0 Å². The third-order valence-electron chi connectivity index (χ3n) is 4.17. The Balaban J connectivity index is 0.000000427. The summed E-state index contributed by atoms with van der Waals surface area (Å²) in [5.41, 5.74) is 0. The summed E-state index contributed by atoms with van der Waals surface area (Å²) in [7, 11) is 0.930. The summed E-state index contributed by atoms with van der Waals surface area (Å²) >= 11 is 0. The van der Waals surface area contributed by atoms with Crippen molar-refractivity contribution in [2.24, 2.45) is 0 Å². The van der Waals surface area contributed by atoms with E-state index in [1.807, 2.05) is 18.2 Å². The molecule has 1 aliphatic rings. The molecule has 0 amide bonds. The van der Waals surface area contributed by atoms with Crippen molar-refractivity contribution >= 4 is 36.3 Å². The number of hydrogen-bond acceptors (Lipinski definition) is 0. The molecule has 0 saturated carbocycles. The molecule has 4 heteroatoms. The van der Waals surface area contributed by atoms with Gasteiger partial charge in [0.25, 0.3) is 0 Å². The van der Waals surface area contributed by atoms with Crippen LogP contribution in [-0.2, 0) is 25.8 Å². The molecule has 0 saturated heterocycles. The van der Waals surface area contributed by atoms with Gasteiger partial charge in [-0.25, -0.2) is 12.2 Å². The van der Waals surface area contributed by atoms with Crippen LogP contribution in [0, 0.1) is 6.08 Å². The monoisotopic (exact) mass is 600 g/mol. The summed E-state index contributed by atoms with van der Waals surface area (Å²) in [6, 6.07) is 29.8. The molecule has 144 valence electrons. The van der Waals surface area contributed by atoms with Gasteiger partial charge in [0.05, 0.1) is 9.52 Å². The number of allylic oxidation sites excluding steroid dienone is 4. The van der Waals surface area contributed by atoms with Crippen LogP contribution in [0.15, 0.2) is 103 Å². The molecule has 0 bridgehead atoms. The number of fused-ring (bicyclic) bond motifs is 3. The van der Waals surface area contributed by atoms with E-state index in [2.05, 4.69) is 97.6 Å².